The Morgan fingerprint density at radius 2 is 0.863 bits per heavy atom. The Hall–Kier alpha value is -5.98. The number of aromatic nitrogens is 8. The fraction of sp³-hybridized carbons (Fsp3) is 0.553. The molecule has 6 atom stereocenters. The predicted molar refractivity (Wildman–Crippen MR) is 419 cm³/mol. The number of methoxy groups -OCH3 is 2. The maximum atomic E-state index is 14.5. The summed E-state index contributed by atoms with van der Waals surface area (Å²) in [6, 6.07) is 25.4. The van der Waals surface area contributed by atoms with Crippen LogP contribution < -0.4 is 24.7 Å². The van der Waals surface area contributed by atoms with E-state index in [1.807, 2.05) is 64.2 Å². The van der Waals surface area contributed by atoms with Crippen molar-refractivity contribution in [1.82, 2.24) is 39.2 Å². The number of halogens is 3. The summed E-state index contributed by atoms with van der Waals surface area (Å²) in [5.41, 5.74) is 9.21. The summed E-state index contributed by atoms with van der Waals surface area (Å²) in [7, 11) is -3.71. The van der Waals surface area contributed by atoms with Crippen LogP contribution in [-0.2, 0) is 18.9 Å². The first-order valence-corrected chi connectivity index (χ1v) is 51.9. The molecule has 4 fully saturated rings. The molecule has 4 saturated carbocycles. The second-order valence-electron chi connectivity index (χ2n) is 33.5. The van der Waals surface area contributed by atoms with E-state index in [1.165, 1.54) is 102 Å². The SMILES string of the molecule is COc1ccc(-c2ccc(-c3cnn4c(N(COCC[Si](C)(C)C)COCC[Si](C)(C)C)cc(C5C[C@H]6CC[C@@H](C5)C6)nc34)cn2)cc1F.COc1ccc(B(O)O)cc1F.C[Si](C)(C)CCOCN(COCC[Si](C)(C)C)c1cc(C2C[C@H]3CC[C@@H](C2)C3)nc2c(-c3ccc(Cl)nc3)cnn12. The smallest absolute Gasteiger partial charge is 0.488 e. The number of hydrogen-bond acceptors (Lipinski definition) is 16. The summed E-state index contributed by atoms with van der Waals surface area (Å²) in [6.07, 6.45) is 20.4. The number of anilines is 2. The number of pyridine rings is 2. The molecular weight excluding hydrogens is 1380 g/mol. The number of fused-ring (bicyclic) bond motifs is 6. The van der Waals surface area contributed by atoms with Gasteiger partial charge in [-0.1, -0.05) is 128 Å². The van der Waals surface area contributed by atoms with E-state index in [4.69, 9.17) is 70.5 Å². The van der Waals surface area contributed by atoms with Gasteiger partial charge >= 0.3 is 7.12 Å². The Kier molecular flexibility index (Phi) is 26.9. The van der Waals surface area contributed by atoms with E-state index >= 15 is 0 Å². The van der Waals surface area contributed by atoms with Gasteiger partial charge in [0, 0.05) is 134 Å². The lowest BCUT2D eigenvalue weighted by atomic mass is 9.79. The molecule has 12 rings (SSSR count). The molecule has 6 aromatic heterocycles. The van der Waals surface area contributed by atoms with Crippen LogP contribution in [0.2, 0.25) is 108 Å². The lowest BCUT2D eigenvalue weighted by molar-refractivity contribution is 0.0940. The van der Waals surface area contributed by atoms with Gasteiger partial charge in [0.05, 0.1) is 32.3 Å². The van der Waals surface area contributed by atoms with E-state index < -0.39 is 51.0 Å². The van der Waals surface area contributed by atoms with Crippen LogP contribution in [0.3, 0.4) is 0 Å². The van der Waals surface area contributed by atoms with Crippen LogP contribution in [0.15, 0.2) is 97.6 Å². The Labute approximate surface area is 612 Å². The summed E-state index contributed by atoms with van der Waals surface area (Å²) in [5, 5.41) is 27.6. The maximum Gasteiger partial charge on any atom is 0.488 e. The highest BCUT2D eigenvalue weighted by Crippen LogP contribution is 2.50. The van der Waals surface area contributed by atoms with Crippen LogP contribution in [0.4, 0.5) is 20.4 Å². The third kappa shape index (κ3) is 22.1. The van der Waals surface area contributed by atoms with Gasteiger partial charge in [-0.3, -0.25) is 4.98 Å². The predicted octanol–water partition coefficient (Wildman–Crippen LogP) is 17.0. The van der Waals surface area contributed by atoms with Crippen molar-refractivity contribution in [3.63, 3.8) is 0 Å². The van der Waals surface area contributed by atoms with Gasteiger partial charge in [0.25, 0.3) is 0 Å². The molecule has 102 heavy (non-hydrogen) atoms. The minimum absolute atomic E-state index is 0.0828. The van der Waals surface area contributed by atoms with Crippen molar-refractivity contribution in [3.8, 4) is 45.0 Å². The second-order valence-corrected chi connectivity index (χ2v) is 56.4. The van der Waals surface area contributed by atoms with Crippen LogP contribution in [0.25, 0.3) is 44.8 Å². The molecule has 0 radical (unpaired) electrons. The van der Waals surface area contributed by atoms with Crippen LogP contribution in [0.1, 0.15) is 87.4 Å². The molecule has 26 heteroatoms. The summed E-state index contributed by atoms with van der Waals surface area (Å²) >= 11 is 6.12. The zero-order chi connectivity index (χ0) is 73.1. The molecule has 4 bridgehead atoms. The average molecular weight is 1490 g/mol. The molecule has 18 nitrogen and oxygen atoms in total. The fourth-order valence-electron chi connectivity index (χ4n) is 14.2. The third-order valence-electron chi connectivity index (χ3n) is 20.2. The van der Waals surface area contributed by atoms with Crippen LogP contribution in [0, 0.1) is 35.3 Å². The van der Waals surface area contributed by atoms with E-state index in [0.29, 0.717) is 55.2 Å². The molecule has 0 spiro atoms. The first-order valence-electron chi connectivity index (χ1n) is 36.7. The highest BCUT2D eigenvalue weighted by Gasteiger charge is 2.38. The van der Waals surface area contributed by atoms with Crippen molar-refractivity contribution in [3.05, 3.63) is 126 Å². The molecule has 0 amide bonds. The summed E-state index contributed by atoms with van der Waals surface area (Å²) in [6.45, 7) is 33.4. The lowest BCUT2D eigenvalue weighted by Gasteiger charge is -2.30. The lowest BCUT2D eigenvalue weighted by Crippen LogP contribution is -2.33. The minimum Gasteiger partial charge on any atom is -0.494 e. The maximum absolute atomic E-state index is 14.5. The Morgan fingerprint density at radius 1 is 0.480 bits per heavy atom. The minimum atomic E-state index is -1.65. The number of ether oxygens (including phenoxy) is 6. The molecule has 4 aliphatic carbocycles. The van der Waals surface area contributed by atoms with Gasteiger partial charge in [0.2, 0.25) is 0 Å². The van der Waals surface area contributed by atoms with E-state index in [2.05, 4.69) is 110 Å². The molecule has 8 aromatic rings. The zero-order valence-electron chi connectivity index (χ0n) is 62.8. The van der Waals surface area contributed by atoms with E-state index in [-0.39, 0.29) is 17.0 Å². The molecule has 2 aromatic carbocycles. The quantitative estimate of drug-likeness (QED) is 0.0187. The first kappa shape index (κ1) is 78.6. The topological polar surface area (TPSA) is 188 Å². The molecule has 0 aliphatic heterocycles. The Morgan fingerprint density at radius 3 is 1.21 bits per heavy atom. The summed E-state index contributed by atoms with van der Waals surface area (Å²) < 4.78 is 66.3. The summed E-state index contributed by atoms with van der Waals surface area (Å²) in [4.78, 5) is 24.1. The highest BCUT2D eigenvalue weighted by atomic mass is 35.5. The zero-order valence-corrected chi connectivity index (χ0v) is 67.5. The Balaban J connectivity index is 0.000000191. The van der Waals surface area contributed by atoms with Gasteiger partial charge in [-0.05, 0) is 140 Å². The van der Waals surface area contributed by atoms with Gasteiger partial charge in [-0.25, -0.2) is 23.7 Å². The molecule has 0 saturated heterocycles. The van der Waals surface area contributed by atoms with Crippen LogP contribution in [0.5, 0.6) is 11.5 Å². The van der Waals surface area contributed by atoms with E-state index in [1.54, 1.807) is 6.07 Å². The van der Waals surface area contributed by atoms with Gasteiger partial charge in [-0.15, -0.1) is 0 Å². The monoisotopic (exact) mass is 1490 g/mol. The second kappa shape index (κ2) is 35.0. The van der Waals surface area contributed by atoms with Crippen molar-refractivity contribution in [2.75, 3.05) is 77.4 Å². The molecular formula is C76H110BClF2N10O8Si4. The highest BCUT2D eigenvalue weighted by molar-refractivity contribution is 6.77. The molecule has 6 heterocycles. The molecule has 2 N–H and O–H groups in total. The van der Waals surface area contributed by atoms with Gasteiger partial charge in [-0.2, -0.15) is 19.2 Å². The average Bonchev–Trinajstić information content (AvgIpc) is 1.58. The van der Waals surface area contributed by atoms with Crippen molar-refractivity contribution >= 4 is 79.4 Å². The van der Waals surface area contributed by atoms with Crippen molar-refractivity contribution in [2.45, 2.75) is 179 Å². The third-order valence-corrected chi connectivity index (χ3v) is 27.2. The van der Waals surface area contributed by atoms with Crippen molar-refractivity contribution < 1.29 is 47.3 Å². The van der Waals surface area contributed by atoms with E-state index in [0.717, 1.165) is 131 Å². The Bertz CT molecular complexity index is 3960. The van der Waals surface area contributed by atoms with Crippen LogP contribution in [-0.4, -0.2) is 156 Å². The van der Waals surface area contributed by atoms with Gasteiger partial charge < -0.3 is 48.3 Å². The number of rotatable bonds is 30. The fourth-order valence-corrected chi connectivity index (χ4v) is 17.3. The van der Waals surface area contributed by atoms with Gasteiger partial charge in [0.1, 0.15) is 43.7 Å². The van der Waals surface area contributed by atoms with Crippen LogP contribution >= 0.6 is 11.6 Å². The summed E-state index contributed by atoms with van der Waals surface area (Å²) in [5.74, 6) is 5.35. The first-order chi connectivity index (χ1) is 48.5. The number of nitrogens with zero attached hydrogens (tertiary/aromatic N) is 10. The molecule has 552 valence electrons. The van der Waals surface area contributed by atoms with Crippen molar-refractivity contribution in [2.24, 2.45) is 23.7 Å². The number of benzene rings is 2. The van der Waals surface area contributed by atoms with Crippen molar-refractivity contribution in [1.29, 1.82) is 0 Å². The number of hydrogen-bond donors (Lipinski definition) is 2. The van der Waals surface area contributed by atoms with Gasteiger partial charge in [0.15, 0.2) is 34.4 Å². The molecule has 2 unspecified atom stereocenters. The molecule has 4 aliphatic rings. The largest absolute Gasteiger partial charge is 0.494 e. The standard InChI is InChI=1S/C38H54FN5O3Si2.C31H48ClN5O2Si2.C7H8BFO3/c1-45-36-13-11-29(21-33(36)39)34-12-10-30(23-40-34)32-24-41-44-37(22-35(42-38(32)44)31-19-27-8-9-28(18-27)20-31)43(25-46-14-16-48(2,3)4)26-47-15-17-49(5,6)7;1-40(2,3)13-11-38-21-36(22-39-12-14-41(4,5)6)30-18-28(26-16-23-7-8-24(15-23)17-26)35-31-27(20-34-37(30)31)25-9-10-29(32)33-19-25;1-12-7-3-2-5(8(10)11)4-6(7)9/h10-13,21-24,27-28,31H,8-9,14-20,25-26H2,1-7H3;9-10,18-20,23-24,26H,7-8,11-17,21-22H2,1-6H3;2-4,10-11H,1H3/t27-,28+,31?;23-,24+,26?;. The normalized spacial score (nSPS) is 19.0. The van der Waals surface area contributed by atoms with E-state index in [9.17, 15) is 8.78 Å².